The van der Waals surface area contributed by atoms with Crippen LogP contribution in [0.2, 0.25) is 0 Å². The first-order valence-corrected chi connectivity index (χ1v) is 11.1. The van der Waals surface area contributed by atoms with Crippen LogP contribution in [0.1, 0.15) is 53.4 Å². The molecule has 0 unspecified atom stereocenters. The molecule has 8 heteroatoms. The van der Waals surface area contributed by atoms with E-state index >= 15 is 0 Å². The van der Waals surface area contributed by atoms with E-state index in [0.29, 0.717) is 38.6 Å². The van der Waals surface area contributed by atoms with Gasteiger partial charge >= 0.3 is 6.09 Å². The van der Waals surface area contributed by atoms with E-state index in [2.05, 4.69) is 6.92 Å². The smallest absolute Gasteiger partial charge is 0.410 e. The lowest BCUT2D eigenvalue weighted by Gasteiger charge is -2.38. The molecule has 26 heavy (non-hydrogen) atoms. The maximum absolute atomic E-state index is 13.0. The van der Waals surface area contributed by atoms with Crippen molar-refractivity contribution in [2.45, 2.75) is 59.0 Å². The Balaban J connectivity index is 1.94. The Hall–Kier alpha value is -0.860. The summed E-state index contributed by atoms with van der Waals surface area (Å²) in [4.78, 5) is 13.7. The molecule has 0 aromatic heterocycles. The Morgan fingerprint density at radius 3 is 2.27 bits per heavy atom. The van der Waals surface area contributed by atoms with Crippen molar-refractivity contribution in [3.8, 4) is 0 Å². The number of ether oxygens (including phenoxy) is 1. The Bertz CT molecular complexity index is 588. The molecule has 2 aliphatic rings. The minimum Gasteiger partial charge on any atom is -0.444 e. The van der Waals surface area contributed by atoms with Crippen LogP contribution in [0.3, 0.4) is 0 Å². The SMILES string of the molecule is C[C@H]1CCCN(S(=O)(=O)N2CCC[C@H](CN(C)C(=O)OC(C)(C)C)C2)C1. The van der Waals surface area contributed by atoms with Crippen LogP contribution in [0.25, 0.3) is 0 Å². The van der Waals surface area contributed by atoms with Crippen LogP contribution >= 0.6 is 0 Å². The van der Waals surface area contributed by atoms with Crippen molar-refractivity contribution in [3.63, 3.8) is 0 Å². The molecule has 0 spiro atoms. The quantitative estimate of drug-likeness (QED) is 0.741. The van der Waals surface area contributed by atoms with Gasteiger partial charge in [0.2, 0.25) is 0 Å². The van der Waals surface area contributed by atoms with Gasteiger partial charge < -0.3 is 9.64 Å². The first kappa shape index (κ1) is 21.4. The van der Waals surface area contributed by atoms with E-state index < -0.39 is 15.8 Å². The number of rotatable bonds is 4. The van der Waals surface area contributed by atoms with Gasteiger partial charge in [-0.05, 0) is 58.3 Å². The van der Waals surface area contributed by atoms with Gasteiger partial charge in [-0.3, -0.25) is 0 Å². The van der Waals surface area contributed by atoms with E-state index in [1.165, 1.54) is 0 Å². The van der Waals surface area contributed by atoms with Crippen LogP contribution in [0.5, 0.6) is 0 Å². The largest absolute Gasteiger partial charge is 0.444 e. The molecule has 0 aliphatic carbocycles. The summed E-state index contributed by atoms with van der Waals surface area (Å²) in [6.07, 6.45) is 3.42. The molecule has 2 fully saturated rings. The predicted octanol–water partition coefficient (Wildman–Crippen LogP) is 2.54. The fraction of sp³-hybridized carbons (Fsp3) is 0.944. The number of piperidine rings is 2. The summed E-state index contributed by atoms with van der Waals surface area (Å²) in [5.74, 6) is 0.552. The summed E-state index contributed by atoms with van der Waals surface area (Å²) >= 11 is 0. The molecule has 0 aromatic carbocycles. The van der Waals surface area contributed by atoms with Gasteiger partial charge in [-0.25, -0.2) is 4.79 Å². The summed E-state index contributed by atoms with van der Waals surface area (Å²) < 4.78 is 34.6. The molecule has 2 rings (SSSR count). The van der Waals surface area contributed by atoms with Gasteiger partial charge in [0.1, 0.15) is 5.60 Å². The summed E-state index contributed by atoms with van der Waals surface area (Å²) in [7, 11) is -1.69. The topological polar surface area (TPSA) is 70.2 Å². The molecule has 7 nitrogen and oxygen atoms in total. The number of nitrogens with zero attached hydrogens (tertiary/aromatic N) is 3. The molecule has 0 N–H and O–H groups in total. The molecular formula is C18H35N3O4S. The molecule has 0 saturated carbocycles. The number of carbonyl (C=O) groups is 1. The fourth-order valence-corrected chi connectivity index (χ4v) is 5.59. The third-order valence-electron chi connectivity index (χ3n) is 4.99. The standard InChI is InChI=1S/C18H35N3O4S/c1-15-8-6-10-20(12-15)26(23,24)21-11-7-9-16(14-21)13-19(5)17(22)25-18(2,3)4/h15-16H,6-14H2,1-5H3/t15-,16+/m0/s1. The van der Waals surface area contributed by atoms with Crippen molar-refractivity contribution >= 4 is 16.3 Å². The van der Waals surface area contributed by atoms with Gasteiger partial charge in [0, 0.05) is 39.8 Å². The first-order chi connectivity index (χ1) is 12.0. The highest BCUT2D eigenvalue weighted by molar-refractivity contribution is 7.86. The number of hydrogen-bond acceptors (Lipinski definition) is 4. The Morgan fingerprint density at radius 2 is 1.69 bits per heavy atom. The molecule has 2 heterocycles. The summed E-state index contributed by atoms with van der Waals surface area (Å²) in [6, 6.07) is 0. The van der Waals surface area contributed by atoms with Crippen LogP contribution in [-0.4, -0.2) is 73.4 Å². The van der Waals surface area contributed by atoms with Crippen molar-refractivity contribution in [2.75, 3.05) is 39.8 Å². The maximum atomic E-state index is 13.0. The van der Waals surface area contributed by atoms with Gasteiger partial charge in [0.15, 0.2) is 0 Å². The van der Waals surface area contributed by atoms with Crippen molar-refractivity contribution in [2.24, 2.45) is 11.8 Å². The minimum atomic E-state index is -3.40. The van der Waals surface area contributed by atoms with E-state index in [9.17, 15) is 13.2 Å². The molecule has 0 radical (unpaired) electrons. The Labute approximate surface area is 158 Å². The second-order valence-corrected chi connectivity index (χ2v) is 10.8. The highest BCUT2D eigenvalue weighted by Gasteiger charge is 2.36. The Morgan fingerprint density at radius 1 is 1.12 bits per heavy atom. The first-order valence-electron chi connectivity index (χ1n) is 9.68. The van der Waals surface area contributed by atoms with Crippen molar-refractivity contribution < 1.29 is 17.9 Å². The lowest BCUT2D eigenvalue weighted by Crippen LogP contribution is -2.51. The van der Waals surface area contributed by atoms with Gasteiger partial charge in [0.05, 0.1) is 0 Å². The average Bonchev–Trinajstić information content (AvgIpc) is 2.53. The van der Waals surface area contributed by atoms with Crippen molar-refractivity contribution in [3.05, 3.63) is 0 Å². The summed E-state index contributed by atoms with van der Waals surface area (Å²) in [6.45, 7) is 10.4. The van der Waals surface area contributed by atoms with E-state index in [1.807, 2.05) is 20.8 Å². The molecule has 152 valence electrons. The third kappa shape index (κ3) is 5.82. The van der Waals surface area contributed by atoms with Crippen LogP contribution in [0.4, 0.5) is 4.79 Å². The molecular weight excluding hydrogens is 354 g/mol. The zero-order valence-corrected chi connectivity index (χ0v) is 17.7. The highest BCUT2D eigenvalue weighted by Crippen LogP contribution is 2.25. The van der Waals surface area contributed by atoms with Gasteiger partial charge in [-0.2, -0.15) is 17.0 Å². The number of hydrogen-bond donors (Lipinski definition) is 0. The van der Waals surface area contributed by atoms with Gasteiger partial charge in [0.25, 0.3) is 10.2 Å². The summed E-state index contributed by atoms with van der Waals surface area (Å²) in [5, 5.41) is 0. The molecule has 0 aromatic rings. The molecule has 2 atom stereocenters. The third-order valence-corrected chi connectivity index (χ3v) is 6.96. The number of carbonyl (C=O) groups excluding carboxylic acids is 1. The molecule has 2 saturated heterocycles. The zero-order chi connectivity index (χ0) is 19.5. The highest BCUT2D eigenvalue weighted by atomic mass is 32.2. The monoisotopic (exact) mass is 389 g/mol. The normalized spacial score (nSPS) is 26.5. The number of amides is 1. The zero-order valence-electron chi connectivity index (χ0n) is 16.9. The summed E-state index contributed by atoms with van der Waals surface area (Å²) in [5.41, 5.74) is -0.530. The van der Waals surface area contributed by atoms with Gasteiger partial charge in [-0.15, -0.1) is 0 Å². The maximum Gasteiger partial charge on any atom is 0.410 e. The molecule has 2 aliphatic heterocycles. The fourth-order valence-electron chi connectivity index (χ4n) is 3.71. The van der Waals surface area contributed by atoms with Crippen LogP contribution in [0, 0.1) is 11.8 Å². The lowest BCUT2D eigenvalue weighted by molar-refractivity contribution is 0.0257. The van der Waals surface area contributed by atoms with Crippen LogP contribution in [-0.2, 0) is 14.9 Å². The van der Waals surface area contributed by atoms with Crippen LogP contribution < -0.4 is 0 Å². The Kier molecular flexibility index (Phi) is 6.96. The lowest BCUT2D eigenvalue weighted by atomic mass is 9.99. The average molecular weight is 390 g/mol. The minimum absolute atomic E-state index is 0.137. The van der Waals surface area contributed by atoms with Gasteiger partial charge in [-0.1, -0.05) is 6.92 Å². The van der Waals surface area contributed by atoms with E-state index in [1.54, 1.807) is 20.6 Å². The molecule has 1 amide bonds. The van der Waals surface area contributed by atoms with E-state index in [-0.39, 0.29) is 12.0 Å². The van der Waals surface area contributed by atoms with Crippen molar-refractivity contribution in [1.29, 1.82) is 0 Å². The molecule has 0 bridgehead atoms. The second kappa shape index (κ2) is 8.44. The van der Waals surface area contributed by atoms with Crippen LogP contribution in [0.15, 0.2) is 0 Å². The predicted molar refractivity (Wildman–Crippen MR) is 102 cm³/mol. The van der Waals surface area contributed by atoms with Crippen molar-refractivity contribution in [1.82, 2.24) is 13.5 Å². The van der Waals surface area contributed by atoms with E-state index in [0.717, 1.165) is 25.7 Å². The second-order valence-electron chi connectivity index (χ2n) is 8.84. The van der Waals surface area contributed by atoms with E-state index in [4.69, 9.17) is 4.74 Å².